The quantitative estimate of drug-likeness (QED) is 0.567. The van der Waals surface area contributed by atoms with Gasteiger partial charge >= 0.3 is 0 Å². The normalized spacial score (nSPS) is 22.9. The maximum absolute atomic E-state index is 4.62. The van der Waals surface area contributed by atoms with Gasteiger partial charge < -0.3 is 0 Å². The molecule has 1 fully saturated rings. The van der Waals surface area contributed by atoms with E-state index in [1.165, 1.54) is 31.4 Å². The Morgan fingerprint density at radius 2 is 1.67 bits per heavy atom. The summed E-state index contributed by atoms with van der Waals surface area (Å²) in [5.41, 5.74) is 2.01. The van der Waals surface area contributed by atoms with Crippen molar-refractivity contribution in [3.8, 4) is 0 Å². The summed E-state index contributed by atoms with van der Waals surface area (Å²) in [4.78, 5) is 4.62. The number of aliphatic imine (C=N–C) groups is 1. The molecule has 1 saturated carbocycles. The van der Waals surface area contributed by atoms with Gasteiger partial charge in [-0.1, -0.05) is 13.8 Å². The molecule has 0 amide bonds. The molecule has 1 aliphatic carbocycles. The van der Waals surface area contributed by atoms with E-state index in [1.54, 1.807) is 0 Å². The second-order valence-corrected chi connectivity index (χ2v) is 4.95. The topological polar surface area (TPSA) is 12.4 Å². The molecule has 0 unspecified atom stereocenters. The Morgan fingerprint density at radius 3 is 2.08 bits per heavy atom. The van der Waals surface area contributed by atoms with Gasteiger partial charge in [0.2, 0.25) is 0 Å². The largest absolute Gasteiger partial charge is 0.291 e. The molecule has 0 bridgehead atoms. The zero-order chi connectivity index (χ0) is 9.19. The molecular formula is C11H21N. The Kier molecular flexibility index (Phi) is 2.92. The Balaban J connectivity index is 2.46. The van der Waals surface area contributed by atoms with Gasteiger partial charge in [0, 0.05) is 11.8 Å². The number of hydrogen-bond donors (Lipinski definition) is 0. The van der Waals surface area contributed by atoms with Gasteiger partial charge in [0.05, 0.1) is 0 Å². The van der Waals surface area contributed by atoms with Crippen LogP contribution in [0.25, 0.3) is 0 Å². The molecule has 1 aliphatic rings. The molecule has 0 atom stereocenters. The first-order valence-electron chi connectivity index (χ1n) is 5.05. The molecule has 0 aromatic heterocycles. The minimum absolute atomic E-state index is 0.487. The first-order valence-corrected chi connectivity index (χ1v) is 5.05. The fourth-order valence-electron chi connectivity index (χ4n) is 1.71. The summed E-state index contributed by atoms with van der Waals surface area (Å²) in [6, 6.07) is 0.487. The Hall–Kier alpha value is -0.330. The van der Waals surface area contributed by atoms with Crippen LogP contribution in [0.4, 0.5) is 0 Å². The van der Waals surface area contributed by atoms with E-state index in [-0.39, 0.29) is 0 Å². The number of nitrogens with zero attached hydrogens (tertiary/aromatic N) is 1. The average Bonchev–Trinajstić information content (AvgIpc) is 1.93. The molecule has 0 N–H and O–H groups in total. The van der Waals surface area contributed by atoms with Gasteiger partial charge in [0.15, 0.2) is 0 Å². The standard InChI is InChI=1S/C11H21N/c1-9(2)12-10-5-7-11(3,4)8-6-10/h9H,5-8H2,1-4H3. The summed E-state index contributed by atoms with van der Waals surface area (Å²) in [7, 11) is 0. The van der Waals surface area contributed by atoms with Crippen LogP contribution in [0.3, 0.4) is 0 Å². The molecule has 0 radical (unpaired) electrons. The fraction of sp³-hybridized carbons (Fsp3) is 0.909. The van der Waals surface area contributed by atoms with Crippen LogP contribution in [0, 0.1) is 5.41 Å². The lowest BCUT2D eigenvalue weighted by atomic mass is 9.77. The summed E-state index contributed by atoms with van der Waals surface area (Å²) < 4.78 is 0. The molecule has 1 heteroatoms. The smallest absolute Gasteiger partial charge is 0.0442 e. The minimum atomic E-state index is 0.487. The van der Waals surface area contributed by atoms with Gasteiger partial charge in [-0.15, -0.1) is 0 Å². The van der Waals surface area contributed by atoms with Gasteiger partial charge in [-0.25, -0.2) is 0 Å². The van der Waals surface area contributed by atoms with Crippen molar-refractivity contribution in [1.29, 1.82) is 0 Å². The Bertz CT molecular complexity index is 165. The predicted octanol–water partition coefficient (Wildman–Crippen LogP) is 3.44. The first-order chi connectivity index (χ1) is 5.49. The van der Waals surface area contributed by atoms with Crippen molar-refractivity contribution >= 4 is 5.71 Å². The number of rotatable bonds is 1. The lowest BCUT2D eigenvalue weighted by Crippen LogP contribution is -2.21. The van der Waals surface area contributed by atoms with E-state index < -0.39 is 0 Å². The average molecular weight is 167 g/mol. The van der Waals surface area contributed by atoms with E-state index >= 15 is 0 Å². The lowest BCUT2D eigenvalue weighted by Gasteiger charge is -2.30. The summed E-state index contributed by atoms with van der Waals surface area (Å²) in [6.07, 6.45) is 5.09. The van der Waals surface area contributed by atoms with Crippen molar-refractivity contribution in [2.45, 2.75) is 59.4 Å². The summed E-state index contributed by atoms with van der Waals surface area (Å²) in [5, 5.41) is 0. The van der Waals surface area contributed by atoms with E-state index in [0.29, 0.717) is 11.5 Å². The molecule has 70 valence electrons. The Labute approximate surface area is 76.3 Å². The van der Waals surface area contributed by atoms with Crippen LogP contribution >= 0.6 is 0 Å². The highest BCUT2D eigenvalue weighted by molar-refractivity contribution is 5.85. The second-order valence-electron chi connectivity index (χ2n) is 4.95. The van der Waals surface area contributed by atoms with Gasteiger partial charge in [-0.05, 0) is 44.9 Å². The molecule has 0 aromatic rings. The molecule has 1 nitrogen and oxygen atoms in total. The number of hydrogen-bond acceptors (Lipinski definition) is 1. The van der Waals surface area contributed by atoms with Gasteiger partial charge in [0.1, 0.15) is 0 Å². The monoisotopic (exact) mass is 167 g/mol. The molecule has 0 aliphatic heterocycles. The predicted molar refractivity (Wildman–Crippen MR) is 54.8 cm³/mol. The molecule has 12 heavy (non-hydrogen) atoms. The van der Waals surface area contributed by atoms with Crippen molar-refractivity contribution in [3.63, 3.8) is 0 Å². The van der Waals surface area contributed by atoms with Crippen molar-refractivity contribution in [1.82, 2.24) is 0 Å². The molecule has 1 rings (SSSR count). The third-order valence-corrected chi connectivity index (χ3v) is 2.62. The van der Waals surface area contributed by atoms with Crippen molar-refractivity contribution in [3.05, 3.63) is 0 Å². The Morgan fingerprint density at radius 1 is 1.17 bits per heavy atom. The van der Waals surface area contributed by atoms with Gasteiger partial charge in [-0.3, -0.25) is 4.99 Å². The van der Waals surface area contributed by atoms with Gasteiger partial charge in [0.25, 0.3) is 0 Å². The van der Waals surface area contributed by atoms with E-state index in [9.17, 15) is 0 Å². The molecule has 0 heterocycles. The maximum atomic E-state index is 4.62. The maximum Gasteiger partial charge on any atom is 0.0442 e. The zero-order valence-electron chi connectivity index (χ0n) is 8.85. The third kappa shape index (κ3) is 2.96. The van der Waals surface area contributed by atoms with E-state index in [2.05, 4.69) is 32.7 Å². The highest BCUT2D eigenvalue weighted by atomic mass is 14.8. The van der Waals surface area contributed by atoms with Crippen LogP contribution in [0.5, 0.6) is 0 Å². The highest BCUT2D eigenvalue weighted by Crippen LogP contribution is 2.33. The molecule has 0 aromatic carbocycles. The first kappa shape index (κ1) is 9.76. The van der Waals surface area contributed by atoms with Crippen molar-refractivity contribution < 1.29 is 0 Å². The third-order valence-electron chi connectivity index (χ3n) is 2.62. The summed E-state index contributed by atoms with van der Waals surface area (Å²) >= 11 is 0. The minimum Gasteiger partial charge on any atom is -0.291 e. The fourth-order valence-corrected chi connectivity index (χ4v) is 1.71. The second kappa shape index (κ2) is 3.59. The van der Waals surface area contributed by atoms with Crippen molar-refractivity contribution in [2.75, 3.05) is 0 Å². The molecule has 0 spiro atoms. The van der Waals surface area contributed by atoms with Crippen LogP contribution in [-0.4, -0.2) is 11.8 Å². The van der Waals surface area contributed by atoms with Crippen LogP contribution in [0.15, 0.2) is 4.99 Å². The molecular weight excluding hydrogens is 146 g/mol. The van der Waals surface area contributed by atoms with E-state index in [0.717, 1.165) is 0 Å². The van der Waals surface area contributed by atoms with E-state index in [4.69, 9.17) is 0 Å². The van der Waals surface area contributed by atoms with Crippen LogP contribution in [0.2, 0.25) is 0 Å². The summed E-state index contributed by atoms with van der Waals surface area (Å²) in [6.45, 7) is 9.04. The molecule has 0 saturated heterocycles. The van der Waals surface area contributed by atoms with Gasteiger partial charge in [-0.2, -0.15) is 0 Å². The SMILES string of the molecule is CC(C)N=C1CCC(C)(C)CC1. The van der Waals surface area contributed by atoms with Crippen LogP contribution < -0.4 is 0 Å². The highest BCUT2D eigenvalue weighted by Gasteiger charge is 2.23. The van der Waals surface area contributed by atoms with Crippen LogP contribution in [-0.2, 0) is 0 Å². The van der Waals surface area contributed by atoms with E-state index in [1.807, 2.05) is 0 Å². The van der Waals surface area contributed by atoms with Crippen molar-refractivity contribution in [2.24, 2.45) is 10.4 Å². The van der Waals surface area contributed by atoms with Crippen LogP contribution in [0.1, 0.15) is 53.4 Å². The summed E-state index contributed by atoms with van der Waals surface area (Å²) in [5.74, 6) is 0. The zero-order valence-corrected chi connectivity index (χ0v) is 8.85. The lowest BCUT2D eigenvalue weighted by molar-refractivity contribution is 0.301.